The summed E-state index contributed by atoms with van der Waals surface area (Å²) >= 11 is 3.28. The van der Waals surface area contributed by atoms with Gasteiger partial charge in [-0.05, 0) is 68.1 Å². The van der Waals surface area contributed by atoms with Crippen molar-refractivity contribution in [3.8, 4) is 5.75 Å². The van der Waals surface area contributed by atoms with Crippen LogP contribution in [0.3, 0.4) is 0 Å². The number of amides is 1. The molecule has 31 heavy (non-hydrogen) atoms. The van der Waals surface area contributed by atoms with Crippen LogP contribution in [0, 0.1) is 13.8 Å². The van der Waals surface area contributed by atoms with Crippen molar-refractivity contribution in [2.75, 3.05) is 30.9 Å². The lowest BCUT2D eigenvalue weighted by molar-refractivity contribution is -0.118. The minimum atomic E-state index is 0.0908. The van der Waals surface area contributed by atoms with Gasteiger partial charge in [0.15, 0.2) is 5.13 Å². The molecule has 1 atom stereocenters. The molecular formula is C24H28N2O3S2. The van der Waals surface area contributed by atoms with E-state index in [2.05, 4.69) is 26.0 Å². The standard InChI is InChI=1S/C24H28N2O3S2/c1-16-13-17(2)23-21(14-16)31-24(25-23)26(15-19-5-4-11-29-19)22(27)10-12-30-20-8-6-18(28-3)7-9-20/h6-9,13-14,19H,4-5,10-12,15H2,1-3H3. The van der Waals surface area contributed by atoms with Gasteiger partial charge in [0.05, 0.1) is 30.0 Å². The third-order valence-electron chi connectivity index (χ3n) is 5.40. The molecule has 7 heteroatoms. The van der Waals surface area contributed by atoms with Gasteiger partial charge < -0.3 is 9.47 Å². The van der Waals surface area contributed by atoms with E-state index < -0.39 is 0 Å². The fraction of sp³-hybridized carbons (Fsp3) is 0.417. The highest BCUT2D eigenvalue weighted by atomic mass is 32.2. The summed E-state index contributed by atoms with van der Waals surface area (Å²) in [5.41, 5.74) is 3.36. The predicted molar refractivity (Wildman–Crippen MR) is 129 cm³/mol. The molecule has 5 nitrogen and oxygen atoms in total. The molecule has 2 heterocycles. The lowest BCUT2D eigenvalue weighted by Gasteiger charge is -2.23. The molecule has 2 aromatic carbocycles. The molecule has 1 aromatic heterocycles. The van der Waals surface area contributed by atoms with Crippen molar-refractivity contribution in [3.63, 3.8) is 0 Å². The molecule has 0 radical (unpaired) electrons. The zero-order valence-electron chi connectivity index (χ0n) is 18.2. The molecule has 1 fully saturated rings. The maximum atomic E-state index is 13.3. The average molecular weight is 457 g/mol. The number of ether oxygens (including phenoxy) is 2. The van der Waals surface area contributed by atoms with E-state index in [0.717, 1.165) is 56.8 Å². The van der Waals surface area contributed by atoms with Crippen LogP contribution in [0.15, 0.2) is 41.3 Å². The van der Waals surface area contributed by atoms with Crippen molar-refractivity contribution in [1.29, 1.82) is 0 Å². The largest absolute Gasteiger partial charge is 0.497 e. The Morgan fingerprint density at radius 3 is 2.81 bits per heavy atom. The Morgan fingerprint density at radius 1 is 1.29 bits per heavy atom. The van der Waals surface area contributed by atoms with E-state index in [0.29, 0.717) is 13.0 Å². The van der Waals surface area contributed by atoms with Crippen LogP contribution in [0.5, 0.6) is 5.75 Å². The quantitative estimate of drug-likeness (QED) is 0.412. The van der Waals surface area contributed by atoms with Gasteiger partial charge in [-0.1, -0.05) is 17.4 Å². The first-order valence-electron chi connectivity index (χ1n) is 10.6. The Labute approximate surface area is 191 Å². The highest BCUT2D eigenvalue weighted by Crippen LogP contribution is 2.33. The van der Waals surface area contributed by atoms with Crippen LogP contribution in [0.4, 0.5) is 5.13 Å². The first-order valence-corrected chi connectivity index (χ1v) is 12.4. The second kappa shape index (κ2) is 10.0. The first kappa shape index (κ1) is 22.1. The van der Waals surface area contributed by atoms with Gasteiger partial charge in [0.1, 0.15) is 5.75 Å². The Hall–Kier alpha value is -2.09. The zero-order valence-corrected chi connectivity index (χ0v) is 19.9. The predicted octanol–water partition coefficient (Wildman–Crippen LogP) is 5.62. The lowest BCUT2D eigenvalue weighted by Crippen LogP contribution is -2.37. The van der Waals surface area contributed by atoms with Crippen molar-refractivity contribution < 1.29 is 14.3 Å². The number of anilines is 1. The summed E-state index contributed by atoms with van der Waals surface area (Å²) in [7, 11) is 1.66. The minimum absolute atomic E-state index is 0.0908. The van der Waals surface area contributed by atoms with Crippen molar-refractivity contribution in [2.45, 2.75) is 44.1 Å². The van der Waals surface area contributed by atoms with Crippen molar-refractivity contribution >= 4 is 44.4 Å². The topological polar surface area (TPSA) is 51.7 Å². The number of hydrogen-bond donors (Lipinski definition) is 0. The third-order valence-corrected chi connectivity index (χ3v) is 7.44. The van der Waals surface area contributed by atoms with Crippen LogP contribution >= 0.6 is 23.1 Å². The minimum Gasteiger partial charge on any atom is -0.497 e. The first-order chi connectivity index (χ1) is 15.0. The summed E-state index contributed by atoms with van der Waals surface area (Å²) in [6, 6.07) is 12.2. The Kier molecular flexibility index (Phi) is 7.15. The molecule has 164 valence electrons. The molecule has 0 bridgehead atoms. The van der Waals surface area contributed by atoms with Gasteiger partial charge in [0.25, 0.3) is 0 Å². The summed E-state index contributed by atoms with van der Waals surface area (Å²) in [4.78, 5) is 21.1. The monoisotopic (exact) mass is 456 g/mol. The number of methoxy groups -OCH3 is 1. The lowest BCUT2D eigenvalue weighted by atomic mass is 10.1. The van der Waals surface area contributed by atoms with E-state index in [1.807, 2.05) is 29.2 Å². The highest BCUT2D eigenvalue weighted by Gasteiger charge is 2.26. The van der Waals surface area contributed by atoms with E-state index in [1.54, 1.807) is 30.2 Å². The van der Waals surface area contributed by atoms with Crippen LogP contribution in [-0.4, -0.2) is 43.0 Å². The number of hydrogen-bond acceptors (Lipinski definition) is 6. The highest BCUT2D eigenvalue weighted by molar-refractivity contribution is 7.99. The number of thiazole rings is 1. The molecule has 1 amide bonds. The molecule has 4 rings (SSSR count). The molecule has 3 aromatic rings. The third kappa shape index (κ3) is 5.40. The summed E-state index contributed by atoms with van der Waals surface area (Å²) in [6.45, 7) is 5.52. The van der Waals surface area contributed by atoms with E-state index >= 15 is 0 Å². The fourth-order valence-corrected chi connectivity index (χ4v) is 5.83. The average Bonchev–Trinajstić information content (AvgIpc) is 3.42. The van der Waals surface area contributed by atoms with Gasteiger partial charge in [-0.25, -0.2) is 4.98 Å². The molecule has 1 saturated heterocycles. The summed E-state index contributed by atoms with van der Waals surface area (Å²) < 4.78 is 12.2. The van der Waals surface area contributed by atoms with Gasteiger partial charge in [-0.3, -0.25) is 9.69 Å². The molecule has 1 unspecified atom stereocenters. The normalized spacial score (nSPS) is 16.0. The number of carbonyl (C=O) groups excluding carboxylic acids is 1. The maximum absolute atomic E-state index is 13.3. The number of aromatic nitrogens is 1. The molecular weight excluding hydrogens is 428 g/mol. The molecule has 0 N–H and O–H groups in total. The second-order valence-electron chi connectivity index (χ2n) is 7.84. The number of benzene rings is 2. The van der Waals surface area contributed by atoms with Crippen molar-refractivity contribution in [3.05, 3.63) is 47.5 Å². The van der Waals surface area contributed by atoms with Crippen LogP contribution in [-0.2, 0) is 9.53 Å². The Bertz CT molecular complexity index is 1040. The van der Waals surface area contributed by atoms with Crippen LogP contribution in [0.1, 0.15) is 30.4 Å². The van der Waals surface area contributed by atoms with E-state index in [4.69, 9.17) is 14.5 Å². The number of aryl methyl sites for hydroxylation is 2. The number of fused-ring (bicyclic) bond motifs is 1. The second-order valence-corrected chi connectivity index (χ2v) is 10.0. The van der Waals surface area contributed by atoms with E-state index in [9.17, 15) is 4.79 Å². The van der Waals surface area contributed by atoms with Crippen LogP contribution < -0.4 is 9.64 Å². The maximum Gasteiger partial charge on any atom is 0.229 e. The molecule has 0 saturated carbocycles. The van der Waals surface area contributed by atoms with Gasteiger partial charge in [-0.15, -0.1) is 11.8 Å². The Balaban J connectivity index is 1.48. The molecule has 1 aliphatic heterocycles. The van der Waals surface area contributed by atoms with Crippen LogP contribution in [0.25, 0.3) is 10.2 Å². The zero-order chi connectivity index (χ0) is 21.8. The number of rotatable bonds is 8. The van der Waals surface area contributed by atoms with Gasteiger partial charge in [0, 0.05) is 23.7 Å². The summed E-state index contributed by atoms with van der Waals surface area (Å²) in [5, 5.41) is 0.777. The SMILES string of the molecule is COc1ccc(SCCC(=O)N(CC2CCCO2)c2nc3c(C)cc(C)cc3s2)cc1. The summed E-state index contributed by atoms with van der Waals surface area (Å²) in [5.74, 6) is 1.66. The van der Waals surface area contributed by atoms with Crippen LogP contribution in [0.2, 0.25) is 0 Å². The molecule has 0 aliphatic carbocycles. The molecule has 0 spiro atoms. The number of carbonyl (C=O) groups is 1. The van der Waals surface area contributed by atoms with Gasteiger partial charge in [0.2, 0.25) is 5.91 Å². The number of nitrogens with zero attached hydrogens (tertiary/aromatic N) is 2. The van der Waals surface area contributed by atoms with Gasteiger partial charge >= 0.3 is 0 Å². The number of thioether (sulfide) groups is 1. The molecule has 1 aliphatic rings. The van der Waals surface area contributed by atoms with E-state index in [-0.39, 0.29) is 12.0 Å². The van der Waals surface area contributed by atoms with E-state index in [1.165, 1.54) is 5.56 Å². The van der Waals surface area contributed by atoms with Crippen molar-refractivity contribution in [1.82, 2.24) is 4.98 Å². The fourth-order valence-electron chi connectivity index (χ4n) is 3.82. The smallest absolute Gasteiger partial charge is 0.229 e. The summed E-state index contributed by atoms with van der Waals surface area (Å²) in [6.07, 6.45) is 2.59. The van der Waals surface area contributed by atoms with Crippen molar-refractivity contribution in [2.24, 2.45) is 0 Å². The van der Waals surface area contributed by atoms with Gasteiger partial charge in [-0.2, -0.15) is 0 Å². The Morgan fingerprint density at radius 2 is 2.10 bits per heavy atom.